The van der Waals surface area contributed by atoms with Gasteiger partial charge in [0, 0.05) is 6.04 Å². The van der Waals surface area contributed by atoms with Gasteiger partial charge in [0.05, 0.1) is 6.42 Å². The minimum absolute atomic E-state index is 0.0587. The van der Waals surface area contributed by atoms with Gasteiger partial charge in [-0.1, -0.05) is 13.3 Å². The smallest absolute Gasteiger partial charge is 0.305 e. The Hall–Kier alpha value is -2.25. The molecule has 0 aliphatic rings. The number of carbonyl (C=O) groups is 1. The van der Waals surface area contributed by atoms with Gasteiger partial charge in [-0.3, -0.25) is 4.79 Å². The predicted octanol–water partition coefficient (Wildman–Crippen LogP) is 0.575. The fourth-order valence-electron chi connectivity index (χ4n) is 1.72. The lowest BCUT2D eigenvalue weighted by Gasteiger charge is -2.16. The second-order valence-corrected chi connectivity index (χ2v) is 3.97. The number of tetrazole rings is 1. The van der Waals surface area contributed by atoms with Crippen LogP contribution in [-0.2, 0) is 4.79 Å². The topological polar surface area (TPSA) is 105 Å². The zero-order valence-corrected chi connectivity index (χ0v) is 9.94. The Morgan fingerprint density at radius 1 is 1.56 bits per heavy atom. The molecule has 0 amide bonds. The second kappa shape index (κ2) is 5.39. The van der Waals surface area contributed by atoms with Crippen molar-refractivity contribution in [2.75, 3.05) is 5.32 Å². The van der Waals surface area contributed by atoms with Gasteiger partial charge in [-0.15, -0.1) is 14.8 Å². The highest BCUT2D eigenvalue weighted by Crippen LogP contribution is 2.11. The molecule has 0 saturated carbocycles. The summed E-state index contributed by atoms with van der Waals surface area (Å²) in [5, 5.41) is 27.0. The number of carboxylic acid groups (broad SMARTS) is 1. The maximum Gasteiger partial charge on any atom is 0.305 e. The van der Waals surface area contributed by atoms with Crippen LogP contribution in [0.2, 0.25) is 0 Å². The molecular weight excluding hydrogens is 236 g/mol. The molecule has 0 aromatic carbocycles. The highest BCUT2D eigenvalue weighted by atomic mass is 16.4. The van der Waals surface area contributed by atoms with Crippen molar-refractivity contribution in [1.29, 1.82) is 0 Å². The Morgan fingerprint density at radius 2 is 2.39 bits per heavy atom. The van der Waals surface area contributed by atoms with Crippen molar-refractivity contribution in [3.8, 4) is 0 Å². The molecule has 2 N–H and O–H groups in total. The van der Waals surface area contributed by atoms with Gasteiger partial charge in [0.1, 0.15) is 5.82 Å². The maximum absolute atomic E-state index is 10.7. The largest absolute Gasteiger partial charge is 0.481 e. The van der Waals surface area contributed by atoms with Crippen LogP contribution in [0.4, 0.5) is 5.82 Å². The van der Waals surface area contributed by atoms with Crippen LogP contribution in [0.1, 0.15) is 26.2 Å². The van der Waals surface area contributed by atoms with Gasteiger partial charge in [0.2, 0.25) is 0 Å². The van der Waals surface area contributed by atoms with Crippen LogP contribution < -0.4 is 5.32 Å². The van der Waals surface area contributed by atoms with Crippen LogP contribution >= 0.6 is 0 Å². The molecule has 2 rings (SSSR count). The number of rotatable bonds is 6. The second-order valence-electron chi connectivity index (χ2n) is 3.97. The van der Waals surface area contributed by atoms with Crippen molar-refractivity contribution >= 4 is 17.4 Å². The Bertz CT molecular complexity index is 540. The summed E-state index contributed by atoms with van der Waals surface area (Å²) >= 11 is 0. The van der Waals surface area contributed by atoms with Crippen molar-refractivity contribution in [1.82, 2.24) is 25.3 Å². The molecule has 0 aliphatic heterocycles. The number of hydrogen-bond acceptors (Lipinski definition) is 6. The predicted molar refractivity (Wildman–Crippen MR) is 63.1 cm³/mol. The molecule has 2 heterocycles. The van der Waals surface area contributed by atoms with Crippen molar-refractivity contribution in [2.45, 2.75) is 32.2 Å². The fourth-order valence-corrected chi connectivity index (χ4v) is 1.72. The molecule has 0 saturated heterocycles. The quantitative estimate of drug-likeness (QED) is 0.772. The Kier molecular flexibility index (Phi) is 3.66. The Labute approximate surface area is 103 Å². The maximum atomic E-state index is 10.7. The molecule has 8 heteroatoms. The van der Waals surface area contributed by atoms with Gasteiger partial charge in [-0.05, 0) is 29.0 Å². The number of anilines is 1. The molecule has 1 atom stereocenters. The summed E-state index contributed by atoms with van der Waals surface area (Å²) in [5.41, 5.74) is 0.547. The fraction of sp³-hybridized carbons (Fsp3) is 0.500. The molecule has 0 bridgehead atoms. The number of aromatic nitrogens is 5. The van der Waals surface area contributed by atoms with Crippen molar-refractivity contribution in [2.24, 2.45) is 0 Å². The van der Waals surface area contributed by atoms with E-state index in [2.05, 4.69) is 25.9 Å². The minimum atomic E-state index is -0.829. The highest BCUT2D eigenvalue weighted by Gasteiger charge is 2.13. The van der Waals surface area contributed by atoms with E-state index in [4.69, 9.17) is 5.11 Å². The summed E-state index contributed by atoms with van der Waals surface area (Å²) in [6, 6.07) is 3.31. The van der Waals surface area contributed by atoms with Crippen LogP contribution in [0.5, 0.6) is 0 Å². The summed E-state index contributed by atoms with van der Waals surface area (Å²) in [4.78, 5) is 10.7. The van der Waals surface area contributed by atoms with E-state index in [0.717, 1.165) is 12.8 Å². The molecule has 1 unspecified atom stereocenters. The first-order valence-corrected chi connectivity index (χ1v) is 5.73. The number of nitrogens with one attached hydrogen (secondary N) is 1. The average molecular weight is 250 g/mol. The van der Waals surface area contributed by atoms with E-state index in [1.807, 2.05) is 6.92 Å². The molecule has 0 fully saturated rings. The zero-order chi connectivity index (χ0) is 13.0. The first-order chi connectivity index (χ1) is 8.69. The van der Waals surface area contributed by atoms with E-state index in [1.54, 1.807) is 12.1 Å². The summed E-state index contributed by atoms with van der Waals surface area (Å²) in [6.45, 7) is 2.01. The highest BCUT2D eigenvalue weighted by molar-refractivity contribution is 5.68. The summed E-state index contributed by atoms with van der Waals surface area (Å²) in [5.74, 6) is -0.265. The lowest BCUT2D eigenvalue weighted by atomic mass is 10.1. The number of fused-ring (bicyclic) bond motifs is 1. The number of hydrogen-bond donors (Lipinski definition) is 2. The first-order valence-electron chi connectivity index (χ1n) is 5.73. The zero-order valence-electron chi connectivity index (χ0n) is 9.94. The lowest BCUT2D eigenvalue weighted by molar-refractivity contribution is -0.137. The molecule has 8 nitrogen and oxygen atoms in total. The van der Waals surface area contributed by atoms with E-state index in [0.29, 0.717) is 11.5 Å². The van der Waals surface area contributed by atoms with Gasteiger partial charge >= 0.3 is 5.97 Å². The van der Waals surface area contributed by atoms with Crippen molar-refractivity contribution < 1.29 is 9.90 Å². The third-order valence-electron chi connectivity index (χ3n) is 2.48. The molecular formula is C10H14N6O2. The van der Waals surface area contributed by atoms with Crippen molar-refractivity contribution in [3.05, 3.63) is 12.1 Å². The standard InChI is InChI=1S/C10H14N6O2/c1-2-3-7(6-10(17)18)11-8-4-5-9-12-14-15-16(9)13-8/h4-5,7H,2-3,6H2,1H3,(H,11,13)(H,17,18). The molecule has 96 valence electrons. The van der Waals surface area contributed by atoms with E-state index < -0.39 is 5.97 Å². The molecule has 2 aromatic heterocycles. The number of nitrogens with zero attached hydrogens (tertiary/aromatic N) is 5. The summed E-state index contributed by atoms with van der Waals surface area (Å²) in [7, 11) is 0. The van der Waals surface area contributed by atoms with Crippen LogP contribution in [0.25, 0.3) is 5.65 Å². The monoisotopic (exact) mass is 250 g/mol. The van der Waals surface area contributed by atoms with E-state index in [-0.39, 0.29) is 12.5 Å². The summed E-state index contributed by atoms with van der Waals surface area (Å²) < 4.78 is 1.30. The molecule has 0 spiro atoms. The average Bonchev–Trinajstić information content (AvgIpc) is 2.75. The molecule has 0 aliphatic carbocycles. The van der Waals surface area contributed by atoms with Crippen LogP contribution in [-0.4, -0.2) is 42.4 Å². The normalized spacial score (nSPS) is 12.5. The van der Waals surface area contributed by atoms with E-state index >= 15 is 0 Å². The van der Waals surface area contributed by atoms with Crippen LogP contribution in [0, 0.1) is 0 Å². The van der Waals surface area contributed by atoms with E-state index in [9.17, 15) is 4.79 Å². The SMILES string of the molecule is CCCC(CC(=O)O)Nc1ccc2nnnn2n1. The van der Waals surface area contributed by atoms with Gasteiger partial charge in [0.25, 0.3) is 0 Å². The minimum Gasteiger partial charge on any atom is -0.481 e. The van der Waals surface area contributed by atoms with Gasteiger partial charge in [-0.25, -0.2) is 0 Å². The van der Waals surface area contributed by atoms with Crippen LogP contribution in [0.15, 0.2) is 12.1 Å². The van der Waals surface area contributed by atoms with E-state index in [1.165, 1.54) is 4.63 Å². The van der Waals surface area contributed by atoms with Gasteiger partial charge in [-0.2, -0.15) is 0 Å². The Morgan fingerprint density at radius 3 is 3.11 bits per heavy atom. The van der Waals surface area contributed by atoms with Gasteiger partial charge < -0.3 is 10.4 Å². The lowest BCUT2D eigenvalue weighted by Crippen LogP contribution is -2.24. The Balaban J connectivity index is 2.11. The summed E-state index contributed by atoms with van der Waals surface area (Å²) in [6.07, 6.45) is 1.73. The number of carboxylic acids is 1. The van der Waals surface area contributed by atoms with Gasteiger partial charge in [0.15, 0.2) is 5.65 Å². The molecule has 18 heavy (non-hydrogen) atoms. The molecule has 0 radical (unpaired) electrons. The number of aliphatic carboxylic acids is 1. The third-order valence-corrected chi connectivity index (χ3v) is 2.48. The molecule has 2 aromatic rings. The van der Waals surface area contributed by atoms with Crippen LogP contribution in [0.3, 0.4) is 0 Å². The first kappa shape index (κ1) is 12.2. The third kappa shape index (κ3) is 2.90. The van der Waals surface area contributed by atoms with Crippen molar-refractivity contribution in [3.63, 3.8) is 0 Å².